The zero-order valence-electron chi connectivity index (χ0n) is 15.2. The number of hydrogen-bond donors (Lipinski definition) is 1. The van der Waals surface area contributed by atoms with Gasteiger partial charge in [-0.3, -0.25) is 4.79 Å². The maximum atomic E-state index is 13.1. The molecule has 3 rings (SSSR count). The van der Waals surface area contributed by atoms with E-state index < -0.39 is 15.8 Å². The lowest BCUT2D eigenvalue weighted by Gasteiger charge is -2.27. The minimum atomic E-state index is -3.59. The fraction of sp³-hybridized carbons (Fsp3) is 0.350. The molecular formula is C20H23FN2O3S. The number of carbonyl (C=O) groups is 1. The highest BCUT2D eigenvalue weighted by atomic mass is 32.2. The van der Waals surface area contributed by atoms with Crippen LogP contribution in [0.1, 0.15) is 35.6 Å². The molecule has 0 unspecified atom stereocenters. The van der Waals surface area contributed by atoms with Crippen molar-refractivity contribution in [1.29, 1.82) is 0 Å². The number of fused-ring (bicyclic) bond motifs is 1. The van der Waals surface area contributed by atoms with Crippen LogP contribution in [-0.4, -0.2) is 31.4 Å². The van der Waals surface area contributed by atoms with Crippen LogP contribution in [0.3, 0.4) is 0 Å². The summed E-state index contributed by atoms with van der Waals surface area (Å²) < 4.78 is 38.4. The van der Waals surface area contributed by atoms with Crippen LogP contribution in [0.2, 0.25) is 0 Å². The second-order valence-electron chi connectivity index (χ2n) is 6.87. The maximum Gasteiger partial charge on any atom is 0.235 e. The van der Waals surface area contributed by atoms with Crippen molar-refractivity contribution < 1.29 is 17.6 Å². The molecule has 0 fully saturated rings. The number of sulfonamides is 1. The van der Waals surface area contributed by atoms with Crippen molar-refractivity contribution in [3.63, 3.8) is 0 Å². The summed E-state index contributed by atoms with van der Waals surface area (Å²) in [4.78, 5) is 12.5. The van der Waals surface area contributed by atoms with Gasteiger partial charge in [0.15, 0.2) is 0 Å². The van der Waals surface area contributed by atoms with Gasteiger partial charge in [-0.05, 0) is 48.1 Å². The topological polar surface area (TPSA) is 66.5 Å². The molecule has 0 aromatic heterocycles. The molecule has 7 heteroatoms. The third kappa shape index (κ3) is 5.14. The van der Waals surface area contributed by atoms with E-state index in [0.717, 1.165) is 35.4 Å². The Labute approximate surface area is 159 Å². The van der Waals surface area contributed by atoms with Gasteiger partial charge in [-0.2, -0.15) is 4.31 Å². The highest BCUT2D eigenvalue weighted by Gasteiger charge is 2.25. The second kappa shape index (κ2) is 8.19. The van der Waals surface area contributed by atoms with Crippen LogP contribution in [0.5, 0.6) is 0 Å². The first-order chi connectivity index (χ1) is 12.8. The second-order valence-corrected chi connectivity index (χ2v) is 8.85. The summed E-state index contributed by atoms with van der Waals surface area (Å²) in [5, 5.41) is 2.97. The van der Waals surface area contributed by atoms with Gasteiger partial charge >= 0.3 is 0 Å². The van der Waals surface area contributed by atoms with Gasteiger partial charge in [0.25, 0.3) is 0 Å². The van der Waals surface area contributed by atoms with Gasteiger partial charge in [0, 0.05) is 6.54 Å². The van der Waals surface area contributed by atoms with E-state index in [1.165, 1.54) is 29.8 Å². The first-order valence-electron chi connectivity index (χ1n) is 8.89. The van der Waals surface area contributed by atoms with Crippen LogP contribution in [0.25, 0.3) is 0 Å². The van der Waals surface area contributed by atoms with E-state index in [4.69, 9.17) is 0 Å². The molecule has 2 aromatic rings. The SMILES string of the molecule is CS(=O)(=O)N(CC(=O)N[C@H]1CCCc2ccccc21)Cc1ccc(F)cc1. The molecule has 0 aliphatic heterocycles. The van der Waals surface area contributed by atoms with E-state index in [1.54, 1.807) is 0 Å². The predicted octanol–water partition coefficient (Wildman–Crippen LogP) is 2.78. The van der Waals surface area contributed by atoms with E-state index in [0.29, 0.717) is 5.56 Å². The average Bonchev–Trinajstić information content (AvgIpc) is 2.62. The predicted molar refractivity (Wildman–Crippen MR) is 102 cm³/mol. The number of hydrogen-bond acceptors (Lipinski definition) is 3. The Bertz CT molecular complexity index is 913. The summed E-state index contributed by atoms with van der Waals surface area (Å²) in [5.74, 6) is -0.734. The Kier molecular flexibility index (Phi) is 5.92. The minimum absolute atomic E-state index is 0.0216. The van der Waals surface area contributed by atoms with Crippen LogP contribution in [0, 0.1) is 5.82 Å². The van der Waals surface area contributed by atoms with E-state index in [1.807, 2.05) is 18.2 Å². The third-order valence-corrected chi connectivity index (χ3v) is 5.96. The lowest BCUT2D eigenvalue weighted by molar-refractivity contribution is -0.122. The molecule has 27 heavy (non-hydrogen) atoms. The molecule has 0 spiro atoms. The van der Waals surface area contributed by atoms with Crippen molar-refractivity contribution in [3.8, 4) is 0 Å². The molecule has 0 heterocycles. The van der Waals surface area contributed by atoms with Crippen LogP contribution in [-0.2, 0) is 27.8 Å². The van der Waals surface area contributed by atoms with Crippen molar-refractivity contribution in [3.05, 3.63) is 71.0 Å². The van der Waals surface area contributed by atoms with Crippen LogP contribution in [0.4, 0.5) is 4.39 Å². The minimum Gasteiger partial charge on any atom is -0.348 e. The molecule has 144 valence electrons. The lowest BCUT2D eigenvalue weighted by Crippen LogP contribution is -2.41. The number of aryl methyl sites for hydroxylation is 1. The van der Waals surface area contributed by atoms with Gasteiger partial charge in [0.1, 0.15) is 5.82 Å². The number of amides is 1. The molecule has 1 amide bonds. The molecule has 1 aliphatic rings. The fourth-order valence-corrected chi connectivity index (χ4v) is 4.12. The van der Waals surface area contributed by atoms with Gasteiger partial charge in [-0.1, -0.05) is 36.4 Å². The largest absolute Gasteiger partial charge is 0.348 e. The number of rotatable bonds is 6. The lowest BCUT2D eigenvalue weighted by atomic mass is 9.88. The quantitative estimate of drug-likeness (QED) is 0.825. The first kappa shape index (κ1) is 19.5. The summed E-state index contributed by atoms with van der Waals surface area (Å²) in [6.07, 6.45) is 3.87. The van der Waals surface area contributed by atoms with Gasteiger partial charge in [-0.25, -0.2) is 12.8 Å². The smallest absolute Gasteiger partial charge is 0.235 e. The number of nitrogens with zero attached hydrogens (tertiary/aromatic N) is 1. The Morgan fingerprint density at radius 3 is 2.59 bits per heavy atom. The number of nitrogens with one attached hydrogen (secondary N) is 1. The highest BCUT2D eigenvalue weighted by Crippen LogP contribution is 2.29. The molecule has 0 radical (unpaired) electrons. The summed E-state index contributed by atoms with van der Waals surface area (Å²) in [6, 6.07) is 13.5. The van der Waals surface area contributed by atoms with E-state index in [-0.39, 0.29) is 25.0 Å². The molecule has 0 saturated heterocycles. The Morgan fingerprint density at radius 1 is 1.19 bits per heavy atom. The van der Waals surface area contributed by atoms with Crippen molar-refractivity contribution in [2.75, 3.05) is 12.8 Å². The van der Waals surface area contributed by atoms with E-state index in [9.17, 15) is 17.6 Å². The first-order valence-corrected chi connectivity index (χ1v) is 10.7. The molecule has 2 aromatic carbocycles. The summed E-state index contributed by atoms with van der Waals surface area (Å²) in [7, 11) is -3.59. The summed E-state index contributed by atoms with van der Waals surface area (Å²) in [6.45, 7) is -0.247. The van der Waals surface area contributed by atoms with Gasteiger partial charge in [0.2, 0.25) is 15.9 Å². The van der Waals surface area contributed by atoms with Crippen molar-refractivity contribution >= 4 is 15.9 Å². The van der Waals surface area contributed by atoms with Gasteiger partial charge < -0.3 is 5.32 Å². The third-order valence-electron chi connectivity index (χ3n) is 4.77. The van der Waals surface area contributed by atoms with Gasteiger partial charge in [-0.15, -0.1) is 0 Å². The molecular weight excluding hydrogens is 367 g/mol. The Balaban J connectivity index is 1.69. The number of halogens is 1. The van der Waals surface area contributed by atoms with Crippen molar-refractivity contribution in [2.24, 2.45) is 0 Å². The summed E-state index contributed by atoms with van der Waals surface area (Å²) in [5.41, 5.74) is 2.94. The molecule has 1 aliphatic carbocycles. The molecule has 5 nitrogen and oxygen atoms in total. The van der Waals surface area contributed by atoms with E-state index in [2.05, 4.69) is 11.4 Å². The Morgan fingerprint density at radius 2 is 1.89 bits per heavy atom. The zero-order chi connectivity index (χ0) is 19.4. The van der Waals surface area contributed by atoms with Crippen molar-refractivity contribution in [2.45, 2.75) is 31.8 Å². The normalized spacial score (nSPS) is 16.8. The van der Waals surface area contributed by atoms with E-state index >= 15 is 0 Å². The van der Waals surface area contributed by atoms with Crippen LogP contribution in [0.15, 0.2) is 48.5 Å². The molecule has 1 atom stereocenters. The number of carbonyl (C=O) groups excluding carboxylic acids is 1. The van der Waals surface area contributed by atoms with Crippen LogP contribution >= 0.6 is 0 Å². The highest BCUT2D eigenvalue weighted by molar-refractivity contribution is 7.88. The zero-order valence-corrected chi connectivity index (χ0v) is 16.0. The maximum absolute atomic E-state index is 13.1. The molecule has 0 bridgehead atoms. The molecule has 0 saturated carbocycles. The van der Waals surface area contributed by atoms with Gasteiger partial charge in [0.05, 0.1) is 18.8 Å². The molecule has 1 N–H and O–H groups in total. The summed E-state index contributed by atoms with van der Waals surface area (Å²) >= 11 is 0. The fourth-order valence-electron chi connectivity index (χ4n) is 3.39. The standard InChI is InChI=1S/C20H23FN2O3S/c1-27(25,26)23(13-15-9-11-17(21)12-10-15)14-20(24)22-19-8-4-6-16-5-2-3-7-18(16)19/h2-3,5,7,9-12,19H,4,6,8,13-14H2,1H3,(H,22,24)/t19-/m0/s1. The van der Waals surface area contributed by atoms with Crippen molar-refractivity contribution in [1.82, 2.24) is 9.62 Å². The van der Waals surface area contributed by atoms with Crippen LogP contribution < -0.4 is 5.32 Å². The Hall–Kier alpha value is -2.25. The average molecular weight is 390 g/mol. The number of benzene rings is 2. The monoisotopic (exact) mass is 390 g/mol.